The normalized spacial score (nSPS) is 18.9. The zero-order valence-corrected chi connectivity index (χ0v) is 12.2. The van der Waals surface area contributed by atoms with E-state index in [0.717, 1.165) is 12.8 Å². The second kappa shape index (κ2) is 6.78. The molecule has 0 unspecified atom stereocenters. The highest BCUT2D eigenvalue weighted by atomic mass is 16.4. The number of carbonyl (C=O) groups is 2. The van der Waals surface area contributed by atoms with Crippen LogP contribution >= 0.6 is 0 Å². The number of nitrogens with zero attached hydrogens (tertiary/aromatic N) is 1. The number of carboxylic acid groups (broad SMARTS) is 1. The zero-order valence-electron chi connectivity index (χ0n) is 12.2. The van der Waals surface area contributed by atoms with Crippen molar-refractivity contribution in [3.8, 4) is 0 Å². The fourth-order valence-corrected chi connectivity index (χ4v) is 2.39. The number of carboxylic acids is 1. The van der Waals surface area contributed by atoms with Gasteiger partial charge in [-0.05, 0) is 37.0 Å². The van der Waals surface area contributed by atoms with Crippen molar-refractivity contribution in [1.82, 2.24) is 10.2 Å². The maximum absolute atomic E-state index is 11.7. The summed E-state index contributed by atoms with van der Waals surface area (Å²) in [4.78, 5) is 23.6. The molecule has 0 aromatic rings. The van der Waals surface area contributed by atoms with Gasteiger partial charge in [-0.3, -0.25) is 4.79 Å². The number of amides is 2. The monoisotopic (exact) mass is 270 g/mol. The Bertz CT molecular complexity index is 319. The second-order valence-electron chi connectivity index (χ2n) is 6.36. The SMILES string of the molecule is CN(CCC(=O)O)C(=O)NCC1CCC(C)(C)CC1. The fraction of sp³-hybridized carbons (Fsp3) is 0.857. The Morgan fingerprint density at radius 2 is 1.89 bits per heavy atom. The summed E-state index contributed by atoms with van der Waals surface area (Å²) in [6.45, 7) is 5.54. The lowest BCUT2D eigenvalue weighted by atomic mass is 9.73. The number of nitrogens with one attached hydrogen (secondary N) is 1. The Morgan fingerprint density at radius 1 is 1.32 bits per heavy atom. The van der Waals surface area contributed by atoms with Crippen LogP contribution in [0.4, 0.5) is 4.79 Å². The first-order chi connectivity index (χ1) is 8.80. The molecule has 1 saturated carbocycles. The molecule has 1 aliphatic carbocycles. The highest BCUT2D eigenvalue weighted by molar-refractivity contribution is 5.74. The van der Waals surface area contributed by atoms with Crippen LogP contribution in [0.25, 0.3) is 0 Å². The predicted molar refractivity (Wildman–Crippen MR) is 74.0 cm³/mol. The van der Waals surface area contributed by atoms with Crippen LogP contribution in [0.2, 0.25) is 0 Å². The van der Waals surface area contributed by atoms with Gasteiger partial charge in [-0.15, -0.1) is 0 Å². The van der Waals surface area contributed by atoms with Crippen molar-refractivity contribution in [2.75, 3.05) is 20.1 Å². The minimum absolute atomic E-state index is 0.0124. The Balaban J connectivity index is 2.21. The molecular weight excluding hydrogens is 244 g/mol. The molecule has 0 heterocycles. The predicted octanol–water partition coefficient (Wildman–Crippen LogP) is 2.32. The molecule has 110 valence electrons. The van der Waals surface area contributed by atoms with Crippen LogP contribution in [0.1, 0.15) is 46.0 Å². The third-order valence-corrected chi connectivity index (χ3v) is 4.01. The number of carbonyl (C=O) groups excluding carboxylic acids is 1. The van der Waals surface area contributed by atoms with E-state index >= 15 is 0 Å². The summed E-state index contributed by atoms with van der Waals surface area (Å²) in [6, 6.07) is -0.175. The minimum Gasteiger partial charge on any atom is -0.481 e. The number of aliphatic carboxylic acids is 1. The Morgan fingerprint density at radius 3 is 2.42 bits per heavy atom. The van der Waals surface area contributed by atoms with Crippen molar-refractivity contribution in [3.63, 3.8) is 0 Å². The Hall–Kier alpha value is -1.26. The van der Waals surface area contributed by atoms with Crippen LogP contribution in [0.15, 0.2) is 0 Å². The molecule has 0 bridgehead atoms. The van der Waals surface area contributed by atoms with Crippen molar-refractivity contribution in [3.05, 3.63) is 0 Å². The van der Waals surface area contributed by atoms with Crippen LogP contribution < -0.4 is 5.32 Å². The zero-order chi connectivity index (χ0) is 14.5. The standard InChI is InChI=1S/C14H26N2O3/c1-14(2)7-4-11(5-8-14)10-15-13(19)16(3)9-6-12(17)18/h11H,4-10H2,1-3H3,(H,15,19)(H,17,18). The number of rotatable bonds is 5. The lowest BCUT2D eigenvalue weighted by Crippen LogP contribution is -2.41. The number of hydrogen-bond donors (Lipinski definition) is 2. The van der Waals surface area contributed by atoms with E-state index in [-0.39, 0.29) is 19.0 Å². The van der Waals surface area contributed by atoms with Crippen molar-refractivity contribution >= 4 is 12.0 Å². The molecule has 2 amide bonds. The molecule has 0 aromatic heterocycles. The molecule has 0 aliphatic heterocycles. The largest absolute Gasteiger partial charge is 0.481 e. The van der Waals surface area contributed by atoms with Crippen LogP contribution in [-0.2, 0) is 4.79 Å². The molecule has 0 spiro atoms. The lowest BCUT2D eigenvalue weighted by Gasteiger charge is -2.34. The Labute approximate surface area is 115 Å². The van der Waals surface area contributed by atoms with Gasteiger partial charge in [0, 0.05) is 20.1 Å². The second-order valence-corrected chi connectivity index (χ2v) is 6.36. The third-order valence-electron chi connectivity index (χ3n) is 4.01. The van der Waals surface area contributed by atoms with Gasteiger partial charge in [0.25, 0.3) is 0 Å². The summed E-state index contributed by atoms with van der Waals surface area (Å²) in [5, 5.41) is 11.5. The molecule has 0 saturated heterocycles. The maximum Gasteiger partial charge on any atom is 0.317 e. The molecule has 19 heavy (non-hydrogen) atoms. The van der Waals surface area contributed by atoms with Gasteiger partial charge in [0.2, 0.25) is 0 Å². The lowest BCUT2D eigenvalue weighted by molar-refractivity contribution is -0.137. The van der Waals surface area contributed by atoms with Crippen LogP contribution in [-0.4, -0.2) is 42.1 Å². The summed E-state index contributed by atoms with van der Waals surface area (Å²) in [6.07, 6.45) is 4.73. The molecule has 5 nitrogen and oxygen atoms in total. The summed E-state index contributed by atoms with van der Waals surface area (Å²) < 4.78 is 0. The van der Waals surface area contributed by atoms with E-state index < -0.39 is 5.97 Å². The highest BCUT2D eigenvalue weighted by Crippen LogP contribution is 2.37. The van der Waals surface area contributed by atoms with E-state index in [1.165, 1.54) is 17.7 Å². The first kappa shape index (κ1) is 15.8. The van der Waals surface area contributed by atoms with Crippen LogP contribution in [0, 0.1) is 11.3 Å². The molecule has 0 atom stereocenters. The van der Waals surface area contributed by atoms with Crippen molar-refractivity contribution in [2.24, 2.45) is 11.3 Å². The molecule has 1 aliphatic rings. The minimum atomic E-state index is -0.880. The fourth-order valence-electron chi connectivity index (χ4n) is 2.39. The number of hydrogen-bond acceptors (Lipinski definition) is 2. The Kier molecular flexibility index (Phi) is 5.63. The van der Waals surface area contributed by atoms with Crippen molar-refractivity contribution in [2.45, 2.75) is 46.0 Å². The summed E-state index contributed by atoms with van der Waals surface area (Å²) in [5.74, 6) is -0.320. The van der Waals surface area contributed by atoms with Crippen LogP contribution in [0.3, 0.4) is 0 Å². The first-order valence-electron chi connectivity index (χ1n) is 7.01. The van der Waals surface area contributed by atoms with E-state index in [0.29, 0.717) is 17.9 Å². The van der Waals surface area contributed by atoms with E-state index in [2.05, 4.69) is 19.2 Å². The van der Waals surface area contributed by atoms with Crippen molar-refractivity contribution in [1.29, 1.82) is 0 Å². The van der Waals surface area contributed by atoms with E-state index in [1.54, 1.807) is 7.05 Å². The molecular formula is C14H26N2O3. The van der Waals surface area contributed by atoms with Gasteiger partial charge in [0.05, 0.1) is 6.42 Å². The summed E-state index contributed by atoms with van der Waals surface area (Å²) in [7, 11) is 1.63. The van der Waals surface area contributed by atoms with E-state index in [1.807, 2.05) is 0 Å². The average Bonchev–Trinajstić information content (AvgIpc) is 2.34. The molecule has 1 fully saturated rings. The molecule has 1 rings (SSSR count). The number of urea groups is 1. The maximum atomic E-state index is 11.7. The van der Waals surface area contributed by atoms with Crippen LogP contribution in [0.5, 0.6) is 0 Å². The van der Waals surface area contributed by atoms with Gasteiger partial charge in [-0.1, -0.05) is 13.8 Å². The van der Waals surface area contributed by atoms with Gasteiger partial charge >= 0.3 is 12.0 Å². The average molecular weight is 270 g/mol. The van der Waals surface area contributed by atoms with E-state index in [9.17, 15) is 9.59 Å². The summed E-state index contributed by atoms with van der Waals surface area (Å²) in [5.41, 5.74) is 0.443. The summed E-state index contributed by atoms with van der Waals surface area (Å²) >= 11 is 0. The quantitative estimate of drug-likeness (QED) is 0.805. The highest BCUT2D eigenvalue weighted by Gasteiger charge is 2.27. The van der Waals surface area contributed by atoms with Gasteiger partial charge < -0.3 is 15.3 Å². The van der Waals surface area contributed by atoms with Gasteiger partial charge in [-0.2, -0.15) is 0 Å². The van der Waals surface area contributed by atoms with E-state index in [4.69, 9.17) is 5.11 Å². The molecule has 0 radical (unpaired) electrons. The van der Waals surface area contributed by atoms with Gasteiger partial charge in [0.1, 0.15) is 0 Å². The smallest absolute Gasteiger partial charge is 0.317 e. The van der Waals surface area contributed by atoms with Gasteiger partial charge in [-0.25, -0.2) is 4.79 Å². The third kappa shape index (κ3) is 5.94. The molecule has 0 aromatic carbocycles. The topological polar surface area (TPSA) is 69.6 Å². The first-order valence-corrected chi connectivity index (χ1v) is 7.01. The van der Waals surface area contributed by atoms with Gasteiger partial charge in [0.15, 0.2) is 0 Å². The molecule has 5 heteroatoms. The van der Waals surface area contributed by atoms with Crippen molar-refractivity contribution < 1.29 is 14.7 Å². The molecule has 2 N–H and O–H groups in total.